The van der Waals surface area contributed by atoms with E-state index in [0.29, 0.717) is 34.1 Å². The maximum absolute atomic E-state index is 13.3. The first-order valence-electron chi connectivity index (χ1n) is 10.7. The Kier molecular flexibility index (Phi) is 6.97. The largest absolute Gasteiger partial charge is 0.507 e. The summed E-state index contributed by atoms with van der Waals surface area (Å²) in [5, 5.41) is 13.2. The van der Waals surface area contributed by atoms with E-state index in [1.54, 1.807) is 36.4 Å². The molecule has 1 N–H and O–H groups in total. The second-order valence-corrected chi connectivity index (χ2v) is 8.73. The summed E-state index contributed by atoms with van der Waals surface area (Å²) in [6.07, 6.45) is 0. The molecule has 0 bridgehead atoms. The molecule has 2 heterocycles. The van der Waals surface area contributed by atoms with E-state index in [4.69, 9.17) is 18.9 Å². The monoisotopic (exact) mass is 495 g/mol. The highest BCUT2D eigenvalue weighted by Gasteiger charge is 2.46. The van der Waals surface area contributed by atoms with Crippen molar-refractivity contribution >= 4 is 28.8 Å². The highest BCUT2D eigenvalue weighted by molar-refractivity contribution is 7.09. The summed E-state index contributed by atoms with van der Waals surface area (Å²) in [7, 11) is 5.97. The van der Waals surface area contributed by atoms with Crippen LogP contribution in [0.2, 0.25) is 0 Å². The number of likely N-dealkylation sites (tertiary alicyclic amines) is 1. The van der Waals surface area contributed by atoms with Gasteiger partial charge in [-0.25, -0.2) is 0 Å². The molecule has 1 atom stereocenters. The Balaban J connectivity index is 1.95. The summed E-state index contributed by atoms with van der Waals surface area (Å²) in [6.45, 7) is 0.193. The lowest BCUT2D eigenvalue weighted by Gasteiger charge is -2.26. The van der Waals surface area contributed by atoms with Crippen LogP contribution in [0.4, 0.5) is 0 Å². The van der Waals surface area contributed by atoms with Crippen LogP contribution in [0.15, 0.2) is 59.5 Å². The summed E-state index contributed by atoms with van der Waals surface area (Å²) in [5.41, 5.74) is 0.852. The molecule has 182 valence electrons. The standard InChI is InChI=1S/C26H25NO7S/c1-31-17-8-5-7-15(11-17)23(28)21-22(16-12-19(32-2)25(34-4)20(13-16)33-3)27(26(30)24(21)29)14-18-9-6-10-35-18/h5-13,22,28H,14H2,1-4H3/b23-21+. The van der Waals surface area contributed by atoms with Crippen LogP contribution in [-0.2, 0) is 16.1 Å². The predicted molar refractivity (Wildman–Crippen MR) is 131 cm³/mol. The van der Waals surface area contributed by atoms with Gasteiger partial charge in [-0.1, -0.05) is 18.2 Å². The number of ether oxygens (including phenoxy) is 4. The minimum absolute atomic E-state index is 0.0333. The van der Waals surface area contributed by atoms with Crippen molar-refractivity contribution in [1.82, 2.24) is 4.90 Å². The van der Waals surface area contributed by atoms with Crippen molar-refractivity contribution in [1.29, 1.82) is 0 Å². The van der Waals surface area contributed by atoms with Crippen LogP contribution in [0, 0.1) is 0 Å². The van der Waals surface area contributed by atoms with E-state index >= 15 is 0 Å². The maximum Gasteiger partial charge on any atom is 0.295 e. The van der Waals surface area contributed by atoms with Crippen molar-refractivity contribution in [3.63, 3.8) is 0 Å². The molecule has 35 heavy (non-hydrogen) atoms. The number of amides is 1. The van der Waals surface area contributed by atoms with Crippen LogP contribution < -0.4 is 18.9 Å². The Morgan fingerprint density at radius 2 is 1.66 bits per heavy atom. The number of hydrogen-bond acceptors (Lipinski definition) is 8. The number of Topliss-reactive ketones (excluding diaryl/α,β-unsaturated/α-hetero) is 1. The molecule has 1 saturated heterocycles. The normalized spacial score (nSPS) is 16.9. The molecule has 0 aliphatic carbocycles. The second-order valence-electron chi connectivity index (χ2n) is 7.70. The molecule has 9 heteroatoms. The fourth-order valence-corrected chi connectivity index (χ4v) is 4.85. The average molecular weight is 496 g/mol. The molecular weight excluding hydrogens is 470 g/mol. The molecule has 4 rings (SSSR count). The van der Waals surface area contributed by atoms with Gasteiger partial charge in [0, 0.05) is 10.4 Å². The van der Waals surface area contributed by atoms with Gasteiger partial charge in [-0.15, -0.1) is 11.3 Å². The van der Waals surface area contributed by atoms with E-state index in [2.05, 4.69) is 0 Å². The SMILES string of the molecule is COc1cccc(/C(O)=C2\C(=O)C(=O)N(Cc3cccs3)C2c2cc(OC)c(OC)c(OC)c2)c1. The van der Waals surface area contributed by atoms with E-state index in [-0.39, 0.29) is 17.9 Å². The third kappa shape index (κ3) is 4.42. The number of hydrogen-bond donors (Lipinski definition) is 1. The summed E-state index contributed by atoms with van der Waals surface area (Å²) in [6, 6.07) is 12.9. The molecular formula is C26H25NO7S. The lowest BCUT2D eigenvalue weighted by molar-refractivity contribution is -0.140. The number of carbonyl (C=O) groups excluding carboxylic acids is 2. The van der Waals surface area contributed by atoms with Gasteiger partial charge in [0.25, 0.3) is 11.7 Å². The first-order valence-corrected chi connectivity index (χ1v) is 11.6. The van der Waals surface area contributed by atoms with Crippen molar-refractivity contribution in [3.8, 4) is 23.0 Å². The number of thiophene rings is 1. The fourth-order valence-electron chi connectivity index (χ4n) is 4.15. The summed E-state index contributed by atoms with van der Waals surface area (Å²) >= 11 is 1.47. The number of benzene rings is 2. The Morgan fingerprint density at radius 1 is 0.943 bits per heavy atom. The number of methoxy groups -OCH3 is 4. The number of rotatable bonds is 8. The van der Waals surface area contributed by atoms with Gasteiger partial charge in [0.05, 0.1) is 46.6 Å². The van der Waals surface area contributed by atoms with Crippen LogP contribution in [0.5, 0.6) is 23.0 Å². The topological polar surface area (TPSA) is 94.5 Å². The first kappa shape index (κ1) is 24.2. The van der Waals surface area contributed by atoms with E-state index in [1.807, 2.05) is 17.5 Å². The minimum Gasteiger partial charge on any atom is -0.507 e. The van der Waals surface area contributed by atoms with Crippen molar-refractivity contribution in [2.75, 3.05) is 28.4 Å². The van der Waals surface area contributed by atoms with Crippen LogP contribution in [0.1, 0.15) is 22.0 Å². The summed E-state index contributed by atoms with van der Waals surface area (Å²) < 4.78 is 21.7. The summed E-state index contributed by atoms with van der Waals surface area (Å²) in [4.78, 5) is 28.9. The average Bonchev–Trinajstić information content (AvgIpc) is 3.49. The predicted octanol–water partition coefficient (Wildman–Crippen LogP) is 4.40. The quantitative estimate of drug-likeness (QED) is 0.281. The molecule has 1 aliphatic rings. The van der Waals surface area contributed by atoms with Crippen LogP contribution in [0.3, 0.4) is 0 Å². The molecule has 3 aromatic rings. The zero-order valence-corrected chi connectivity index (χ0v) is 20.5. The zero-order chi connectivity index (χ0) is 25.1. The molecule has 1 fully saturated rings. The third-order valence-electron chi connectivity index (χ3n) is 5.79. The molecule has 1 aromatic heterocycles. The number of nitrogens with zero attached hydrogens (tertiary/aromatic N) is 1. The highest BCUT2D eigenvalue weighted by atomic mass is 32.1. The van der Waals surface area contributed by atoms with Gasteiger partial charge in [0.2, 0.25) is 5.75 Å². The van der Waals surface area contributed by atoms with Gasteiger partial charge in [-0.2, -0.15) is 0 Å². The van der Waals surface area contributed by atoms with Gasteiger partial charge in [0.15, 0.2) is 11.5 Å². The van der Waals surface area contributed by atoms with Crippen molar-refractivity contribution < 1.29 is 33.6 Å². The van der Waals surface area contributed by atoms with Crippen LogP contribution >= 0.6 is 11.3 Å². The second kappa shape index (κ2) is 10.1. The first-order chi connectivity index (χ1) is 16.9. The summed E-state index contributed by atoms with van der Waals surface area (Å²) in [5.74, 6) is -0.167. The van der Waals surface area contributed by atoms with E-state index in [9.17, 15) is 14.7 Å². The molecule has 1 unspecified atom stereocenters. The number of ketones is 1. The van der Waals surface area contributed by atoms with Gasteiger partial charge >= 0.3 is 0 Å². The molecule has 0 spiro atoms. The van der Waals surface area contributed by atoms with E-state index in [1.165, 1.54) is 44.7 Å². The highest BCUT2D eigenvalue weighted by Crippen LogP contribution is 2.46. The molecule has 2 aromatic carbocycles. The van der Waals surface area contributed by atoms with Gasteiger partial charge in [0.1, 0.15) is 11.5 Å². The van der Waals surface area contributed by atoms with Crippen LogP contribution in [-0.4, -0.2) is 50.1 Å². The Morgan fingerprint density at radius 3 is 2.23 bits per heavy atom. The lowest BCUT2D eigenvalue weighted by atomic mass is 9.94. The van der Waals surface area contributed by atoms with Gasteiger partial charge < -0.3 is 29.0 Å². The molecule has 0 radical (unpaired) electrons. The van der Waals surface area contributed by atoms with E-state index < -0.39 is 17.7 Å². The number of aliphatic hydroxyl groups excluding tert-OH is 1. The van der Waals surface area contributed by atoms with Crippen molar-refractivity contribution in [2.45, 2.75) is 12.6 Å². The van der Waals surface area contributed by atoms with Gasteiger partial charge in [-0.05, 0) is 41.3 Å². The Labute approximate surface area is 206 Å². The maximum atomic E-state index is 13.3. The van der Waals surface area contributed by atoms with Crippen molar-refractivity contribution in [2.24, 2.45) is 0 Å². The minimum atomic E-state index is -0.892. The third-order valence-corrected chi connectivity index (χ3v) is 6.65. The molecule has 1 aliphatic heterocycles. The Hall–Kier alpha value is -3.98. The van der Waals surface area contributed by atoms with E-state index in [0.717, 1.165) is 4.88 Å². The van der Waals surface area contributed by atoms with Crippen LogP contribution in [0.25, 0.3) is 5.76 Å². The molecule has 0 saturated carbocycles. The number of carbonyl (C=O) groups is 2. The van der Waals surface area contributed by atoms with Crippen molar-refractivity contribution in [3.05, 3.63) is 75.5 Å². The molecule has 8 nitrogen and oxygen atoms in total. The molecule has 1 amide bonds. The number of aliphatic hydroxyl groups is 1. The smallest absolute Gasteiger partial charge is 0.295 e. The Bertz CT molecular complexity index is 1260. The lowest BCUT2D eigenvalue weighted by Crippen LogP contribution is -2.29. The van der Waals surface area contributed by atoms with Gasteiger partial charge in [-0.3, -0.25) is 9.59 Å². The zero-order valence-electron chi connectivity index (χ0n) is 19.7. The fraction of sp³-hybridized carbons (Fsp3) is 0.231.